The van der Waals surface area contributed by atoms with Crippen molar-refractivity contribution in [2.45, 2.75) is 32.9 Å². The number of amides is 1. The van der Waals surface area contributed by atoms with Crippen molar-refractivity contribution < 1.29 is 9.21 Å². The van der Waals surface area contributed by atoms with Crippen LogP contribution in [-0.2, 0) is 30.7 Å². The van der Waals surface area contributed by atoms with Crippen LogP contribution >= 0.6 is 11.3 Å². The summed E-state index contributed by atoms with van der Waals surface area (Å²) in [5, 5.41) is 4.67. The van der Waals surface area contributed by atoms with Crippen molar-refractivity contribution >= 4 is 33.3 Å². The van der Waals surface area contributed by atoms with E-state index < -0.39 is 0 Å². The van der Waals surface area contributed by atoms with Gasteiger partial charge in [-0.25, -0.2) is 4.98 Å². The number of carbonyl (C=O) groups is 1. The molecule has 0 unspecified atom stereocenters. The number of nitrogens with zero attached hydrogens (tertiary/aromatic N) is 2. The molecule has 0 radical (unpaired) electrons. The van der Waals surface area contributed by atoms with Crippen LogP contribution in [0, 0.1) is 6.92 Å². The number of aromatic nitrogens is 1. The fourth-order valence-corrected chi connectivity index (χ4v) is 5.01. The molecule has 1 amide bonds. The van der Waals surface area contributed by atoms with Gasteiger partial charge < -0.3 is 9.73 Å². The van der Waals surface area contributed by atoms with Gasteiger partial charge in [0.25, 0.3) is 0 Å². The number of thiazole rings is 1. The molecule has 0 aliphatic carbocycles. The molecule has 3 heterocycles. The minimum absolute atomic E-state index is 0.0643. The second kappa shape index (κ2) is 8.05. The van der Waals surface area contributed by atoms with E-state index in [-0.39, 0.29) is 12.3 Å². The molecule has 0 fully saturated rings. The highest BCUT2D eigenvalue weighted by molar-refractivity contribution is 7.15. The third-order valence-corrected chi connectivity index (χ3v) is 6.47. The maximum atomic E-state index is 12.6. The van der Waals surface area contributed by atoms with Crippen LogP contribution in [0.3, 0.4) is 0 Å². The van der Waals surface area contributed by atoms with Crippen molar-refractivity contribution in [1.29, 1.82) is 0 Å². The molecule has 2 aromatic heterocycles. The molecule has 1 aliphatic heterocycles. The molecule has 0 bridgehead atoms. The van der Waals surface area contributed by atoms with E-state index in [2.05, 4.69) is 39.5 Å². The monoisotopic (exact) mass is 417 g/mol. The summed E-state index contributed by atoms with van der Waals surface area (Å²) in [5.74, 6) is -0.0643. The highest BCUT2D eigenvalue weighted by Crippen LogP contribution is 2.29. The second-order valence-electron chi connectivity index (χ2n) is 7.82. The van der Waals surface area contributed by atoms with Gasteiger partial charge in [-0.2, -0.15) is 0 Å². The summed E-state index contributed by atoms with van der Waals surface area (Å²) in [6.45, 7) is 4.83. The molecule has 1 aliphatic rings. The summed E-state index contributed by atoms with van der Waals surface area (Å²) >= 11 is 1.59. The average Bonchev–Trinajstić information content (AvgIpc) is 3.31. The molecule has 6 heteroatoms. The molecule has 0 saturated heterocycles. The summed E-state index contributed by atoms with van der Waals surface area (Å²) in [7, 11) is 0. The largest absolute Gasteiger partial charge is 0.464 e. The Kier molecular flexibility index (Phi) is 5.11. The van der Waals surface area contributed by atoms with Crippen molar-refractivity contribution in [2.24, 2.45) is 0 Å². The van der Waals surface area contributed by atoms with Crippen molar-refractivity contribution in [3.63, 3.8) is 0 Å². The topological polar surface area (TPSA) is 58.4 Å². The molecule has 2 aromatic carbocycles. The Morgan fingerprint density at radius 3 is 2.97 bits per heavy atom. The van der Waals surface area contributed by atoms with Crippen LogP contribution in [0.5, 0.6) is 0 Å². The van der Waals surface area contributed by atoms with E-state index in [0.717, 1.165) is 53.8 Å². The standard InChI is InChI=1S/C24H23N3O2S/c1-16-7-8-19-18(15-29-21(19)11-16)12-23(28)26-24-25-20-9-10-27(14-22(20)30-24)13-17-5-3-2-4-6-17/h2-8,11,15H,9-10,12-14H2,1H3,(H,25,26,28). The highest BCUT2D eigenvalue weighted by atomic mass is 32.1. The Morgan fingerprint density at radius 2 is 2.10 bits per heavy atom. The third-order valence-electron chi connectivity index (χ3n) is 5.47. The van der Waals surface area contributed by atoms with Gasteiger partial charge in [-0.05, 0) is 24.1 Å². The molecule has 5 rings (SSSR count). The van der Waals surface area contributed by atoms with Crippen molar-refractivity contribution in [2.75, 3.05) is 11.9 Å². The zero-order valence-corrected chi connectivity index (χ0v) is 17.7. The van der Waals surface area contributed by atoms with E-state index in [9.17, 15) is 4.79 Å². The fraction of sp³-hybridized carbons (Fsp3) is 0.250. The van der Waals surface area contributed by atoms with Gasteiger partial charge in [0.15, 0.2) is 5.13 Å². The van der Waals surface area contributed by atoms with Gasteiger partial charge in [0.2, 0.25) is 5.91 Å². The van der Waals surface area contributed by atoms with Crippen molar-refractivity contribution in [3.05, 3.63) is 82.1 Å². The van der Waals surface area contributed by atoms with E-state index in [1.54, 1.807) is 17.6 Å². The Bertz CT molecular complexity index is 1200. The highest BCUT2D eigenvalue weighted by Gasteiger charge is 2.22. The predicted molar refractivity (Wildman–Crippen MR) is 120 cm³/mol. The lowest BCUT2D eigenvalue weighted by atomic mass is 10.1. The van der Waals surface area contributed by atoms with Gasteiger partial charge in [-0.15, -0.1) is 11.3 Å². The van der Waals surface area contributed by atoms with Gasteiger partial charge >= 0.3 is 0 Å². The lowest BCUT2D eigenvalue weighted by Crippen LogP contribution is -2.29. The summed E-state index contributed by atoms with van der Waals surface area (Å²) in [5.41, 5.74) is 5.30. The summed E-state index contributed by atoms with van der Waals surface area (Å²) in [4.78, 5) is 21.0. The quantitative estimate of drug-likeness (QED) is 0.500. The lowest BCUT2D eigenvalue weighted by Gasteiger charge is -2.25. The Hall–Kier alpha value is -2.96. The van der Waals surface area contributed by atoms with E-state index >= 15 is 0 Å². The minimum Gasteiger partial charge on any atom is -0.464 e. The smallest absolute Gasteiger partial charge is 0.230 e. The molecular weight excluding hydrogens is 394 g/mol. The number of anilines is 1. The molecule has 0 saturated carbocycles. The van der Waals surface area contributed by atoms with Crippen molar-refractivity contribution in [3.8, 4) is 0 Å². The van der Waals surface area contributed by atoms with Crippen LogP contribution in [0.2, 0.25) is 0 Å². The summed E-state index contributed by atoms with van der Waals surface area (Å²) in [6.07, 6.45) is 2.87. The van der Waals surface area contributed by atoms with Crippen LogP contribution < -0.4 is 5.32 Å². The number of rotatable bonds is 5. The van der Waals surface area contributed by atoms with E-state index in [4.69, 9.17) is 4.42 Å². The van der Waals surface area contributed by atoms with Crippen LogP contribution in [0.4, 0.5) is 5.13 Å². The number of fused-ring (bicyclic) bond motifs is 2. The van der Waals surface area contributed by atoms with Crippen LogP contribution in [0.1, 0.15) is 27.3 Å². The zero-order valence-electron chi connectivity index (χ0n) is 16.9. The first kappa shape index (κ1) is 19.0. The predicted octanol–water partition coefficient (Wildman–Crippen LogP) is 4.94. The number of carbonyl (C=O) groups excluding carboxylic acids is 1. The first-order valence-corrected chi connectivity index (χ1v) is 11.0. The van der Waals surface area contributed by atoms with Gasteiger partial charge in [-0.3, -0.25) is 9.69 Å². The number of nitrogens with one attached hydrogen (secondary N) is 1. The molecular formula is C24H23N3O2S. The fourth-order valence-electron chi connectivity index (χ4n) is 3.94. The Balaban J connectivity index is 1.24. The summed E-state index contributed by atoms with van der Waals surface area (Å²) < 4.78 is 5.61. The molecule has 152 valence electrons. The maximum absolute atomic E-state index is 12.6. The molecule has 1 N–H and O–H groups in total. The Morgan fingerprint density at radius 1 is 1.23 bits per heavy atom. The second-order valence-corrected chi connectivity index (χ2v) is 8.90. The van der Waals surface area contributed by atoms with E-state index in [0.29, 0.717) is 5.13 Å². The normalized spacial score (nSPS) is 14.0. The van der Waals surface area contributed by atoms with Gasteiger partial charge in [-0.1, -0.05) is 42.5 Å². The number of hydrogen-bond donors (Lipinski definition) is 1. The number of aryl methyl sites for hydroxylation is 1. The van der Waals surface area contributed by atoms with Crippen LogP contribution in [0.25, 0.3) is 11.0 Å². The molecule has 0 spiro atoms. The third kappa shape index (κ3) is 4.01. The van der Waals surface area contributed by atoms with Gasteiger partial charge in [0, 0.05) is 41.9 Å². The number of benzene rings is 2. The molecule has 4 aromatic rings. The summed E-state index contributed by atoms with van der Waals surface area (Å²) in [6, 6.07) is 16.6. The average molecular weight is 418 g/mol. The zero-order chi connectivity index (χ0) is 20.5. The van der Waals surface area contributed by atoms with Gasteiger partial charge in [0.1, 0.15) is 5.58 Å². The Labute approximate surface area is 179 Å². The molecule has 0 atom stereocenters. The van der Waals surface area contributed by atoms with Gasteiger partial charge in [0.05, 0.1) is 18.4 Å². The van der Waals surface area contributed by atoms with Crippen LogP contribution in [0.15, 0.2) is 59.2 Å². The maximum Gasteiger partial charge on any atom is 0.230 e. The SMILES string of the molecule is Cc1ccc2c(CC(=O)Nc3nc4c(s3)CN(Cc3ccccc3)CC4)coc2c1. The number of furan rings is 1. The van der Waals surface area contributed by atoms with E-state index in [1.165, 1.54) is 10.4 Å². The van der Waals surface area contributed by atoms with E-state index in [1.807, 2.05) is 31.2 Å². The first-order chi connectivity index (χ1) is 14.6. The first-order valence-electron chi connectivity index (χ1n) is 10.2. The molecule has 5 nitrogen and oxygen atoms in total. The lowest BCUT2D eigenvalue weighted by molar-refractivity contribution is -0.115. The number of hydrogen-bond acceptors (Lipinski definition) is 5. The van der Waals surface area contributed by atoms with Crippen LogP contribution in [-0.4, -0.2) is 22.3 Å². The molecule has 30 heavy (non-hydrogen) atoms. The van der Waals surface area contributed by atoms with Crippen molar-refractivity contribution in [1.82, 2.24) is 9.88 Å². The minimum atomic E-state index is -0.0643.